The summed E-state index contributed by atoms with van der Waals surface area (Å²) in [6.07, 6.45) is 3.85. The molecule has 5 heteroatoms. The highest BCUT2D eigenvalue weighted by molar-refractivity contribution is 7.07. The van der Waals surface area contributed by atoms with Gasteiger partial charge in [0.05, 0.1) is 23.9 Å². The third-order valence-corrected chi connectivity index (χ3v) is 4.89. The summed E-state index contributed by atoms with van der Waals surface area (Å²) in [4.78, 5) is 9.16. The SMILES string of the molecule is COCCCOc1cc2c(cc1-c1cscn1)C=NC(C(C)C)C2. The van der Waals surface area contributed by atoms with E-state index in [-0.39, 0.29) is 0 Å². The number of thiazole rings is 1. The van der Waals surface area contributed by atoms with Crippen molar-refractivity contribution in [3.63, 3.8) is 0 Å². The number of hydrogen-bond donors (Lipinski definition) is 0. The van der Waals surface area contributed by atoms with Crippen molar-refractivity contribution in [1.82, 2.24) is 4.98 Å². The molecule has 0 amide bonds. The van der Waals surface area contributed by atoms with Gasteiger partial charge < -0.3 is 9.47 Å². The number of hydrogen-bond acceptors (Lipinski definition) is 5. The molecule has 0 saturated carbocycles. The first-order valence-corrected chi connectivity index (χ1v) is 9.33. The van der Waals surface area contributed by atoms with Crippen LogP contribution in [0, 0.1) is 5.92 Å². The molecule has 2 heterocycles. The molecule has 0 aliphatic carbocycles. The third-order valence-electron chi connectivity index (χ3n) is 4.30. The molecule has 2 aromatic rings. The number of ether oxygens (including phenoxy) is 2. The Balaban J connectivity index is 1.90. The van der Waals surface area contributed by atoms with Gasteiger partial charge in [-0.25, -0.2) is 4.98 Å². The van der Waals surface area contributed by atoms with E-state index in [4.69, 9.17) is 14.5 Å². The maximum Gasteiger partial charge on any atom is 0.129 e. The van der Waals surface area contributed by atoms with E-state index in [0.29, 0.717) is 25.2 Å². The van der Waals surface area contributed by atoms with E-state index < -0.39 is 0 Å². The lowest BCUT2D eigenvalue weighted by atomic mass is 9.90. The minimum absolute atomic E-state index is 0.351. The zero-order valence-electron chi connectivity index (χ0n) is 14.5. The standard InChI is InChI=1S/C19H24N2O2S/c1-13(2)17-8-14-9-19(23-6-4-5-22-3)16(7-15(14)10-20-17)18-11-24-12-21-18/h7,9-13,17H,4-6,8H2,1-3H3. The molecule has 24 heavy (non-hydrogen) atoms. The summed E-state index contributed by atoms with van der Waals surface area (Å²) in [6.45, 7) is 5.79. The summed E-state index contributed by atoms with van der Waals surface area (Å²) in [5, 5.41) is 2.06. The van der Waals surface area contributed by atoms with Crippen LogP contribution in [0.25, 0.3) is 11.3 Å². The number of nitrogens with zero attached hydrogens (tertiary/aromatic N) is 2. The monoisotopic (exact) mass is 344 g/mol. The van der Waals surface area contributed by atoms with Gasteiger partial charge in [0.2, 0.25) is 0 Å². The van der Waals surface area contributed by atoms with E-state index in [1.807, 2.05) is 11.7 Å². The molecule has 0 radical (unpaired) electrons. The predicted octanol–water partition coefficient (Wildman–Crippen LogP) is 4.23. The van der Waals surface area contributed by atoms with Crippen molar-refractivity contribution in [1.29, 1.82) is 0 Å². The Morgan fingerprint density at radius 2 is 2.17 bits per heavy atom. The number of aliphatic imine (C=N–C) groups is 1. The number of methoxy groups -OCH3 is 1. The van der Waals surface area contributed by atoms with Gasteiger partial charge in [0.25, 0.3) is 0 Å². The van der Waals surface area contributed by atoms with Crippen LogP contribution in [0.5, 0.6) is 5.75 Å². The Bertz CT molecular complexity index is 696. The fourth-order valence-corrected chi connectivity index (χ4v) is 3.40. The summed E-state index contributed by atoms with van der Waals surface area (Å²) in [6, 6.07) is 4.69. The molecule has 0 N–H and O–H groups in total. The lowest BCUT2D eigenvalue weighted by Gasteiger charge is -2.23. The number of rotatable bonds is 7. The molecular weight excluding hydrogens is 320 g/mol. The number of benzene rings is 1. The van der Waals surface area contributed by atoms with Gasteiger partial charge in [0.1, 0.15) is 5.75 Å². The van der Waals surface area contributed by atoms with Gasteiger partial charge in [0.15, 0.2) is 0 Å². The molecule has 4 nitrogen and oxygen atoms in total. The molecule has 3 rings (SSSR count). The lowest BCUT2D eigenvalue weighted by molar-refractivity contribution is 0.172. The van der Waals surface area contributed by atoms with Crippen LogP contribution in [0.3, 0.4) is 0 Å². The van der Waals surface area contributed by atoms with Crippen molar-refractivity contribution in [3.05, 3.63) is 34.2 Å². The fourth-order valence-electron chi connectivity index (χ4n) is 2.85. The quantitative estimate of drug-likeness (QED) is 0.706. The van der Waals surface area contributed by atoms with Gasteiger partial charge in [-0.1, -0.05) is 13.8 Å². The molecular formula is C19H24N2O2S. The molecule has 0 fully saturated rings. The van der Waals surface area contributed by atoms with Crippen LogP contribution in [0.1, 0.15) is 31.4 Å². The maximum absolute atomic E-state index is 6.06. The van der Waals surface area contributed by atoms with Crippen molar-refractivity contribution >= 4 is 17.6 Å². The van der Waals surface area contributed by atoms with Gasteiger partial charge in [0, 0.05) is 37.3 Å². The molecule has 0 saturated heterocycles. The highest BCUT2D eigenvalue weighted by Crippen LogP contribution is 2.35. The first kappa shape index (κ1) is 17.1. The average Bonchev–Trinajstić information content (AvgIpc) is 3.11. The molecule has 1 unspecified atom stereocenters. The van der Waals surface area contributed by atoms with Gasteiger partial charge in [-0.05, 0) is 35.6 Å². The first-order chi connectivity index (χ1) is 11.7. The van der Waals surface area contributed by atoms with Gasteiger partial charge >= 0.3 is 0 Å². The Hall–Kier alpha value is -1.72. The van der Waals surface area contributed by atoms with E-state index in [2.05, 4.69) is 36.3 Å². The van der Waals surface area contributed by atoms with E-state index in [9.17, 15) is 0 Å². The van der Waals surface area contributed by atoms with Gasteiger partial charge in [-0.2, -0.15) is 0 Å². The topological polar surface area (TPSA) is 43.7 Å². The van der Waals surface area contributed by atoms with Crippen molar-refractivity contribution in [2.24, 2.45) is 10.9 Å². The zero-order valence-corrected chi connectivity index (χ0v) is 15.3. The van der Waals surface area contributed by atoms with Crippen molar-refractivity contribution in [2.45, 2.75) is 32.7 Å². The predicted molar refractivity (Wildman–Crippen MR) is 99.5 cm³/mol. The molecule has 1 aliphatic heterocycles. The Morgan fingerprint density at radius 3 is 2.88 bits per heavy atom. The second-order valence-corrected chi connectivity index (χ2v) is 7.13. The molecule has 1 atom stereocenters. The number of aromatic nitrogens is 1. The first-order valence-electron chi connectivity index (χ1n) is 8.39. The second-order valence-electron chi connectivity index (χ2n) is 6.41. The highest BCUT2D eigenvalue weighted by atomic mass is 32.1. The third kappa shape index (κ3) is 3.84. The van der Waals surface area contributed by atoms with E-state index in [1.54, 1.807) is 18.4 Å². The maximum atomic E-state index is 6.06. The Morgan fingerprint density at radius 1 is 1.29 bits per heavy atom. The lowest BCUT2D eigenvalue weighted by Crippen LogP contribution is -2.21. The summed E-state index contributed by atoms with van der Waals surface area (Å²) in [7, 11) is 1.71. The van der Waals surface area contributed by atoms with E-state index >= 15 is 0 Å². The van der Waals surface area contributed by atoms with E-state index in [0.717, 1.165) is 29.8 Å². The second kappa shape index (κ2) is 7.90. The minimum atomic E-state index is 0.351. The van der Waals surface area contributed by atoms with Crippen LogP contribution in [0.2, 0.25) is 0 Å². The largest absolute Gasteiger partial charge is 0.493 e. The molecule has 0 spiro atoms. The van der Waals surface area contributed by atoms with Crippen LogP contribution in [-0.2, 0) is 11.2 Å². The zero-order chi connectivity index (χ0) is 16.9. The fraction of sp³-hybridized carbons (Fsp3) is 0.474. The van der Waals surface area contributed by atoms with Crippen LogP contribution >= 0.6 is 11.3 Å². The Labute approximate surface area is 147 Å². The smallest absolute Gasteiger partial charge is 0.129 e. The minimum Gasteiger partial charge on any atom is -0.493 e. The molecule has 0 bridgehead atoms. The van der Waals surface area contributed by atoms with Gasteiger partial charge in [-0.3, -0.25) is 4.99 Å². The van der Waals surface area contributed by atoms with E-state index in [1.165, 1.54) is 11.1 Å². The summed E-state index contributed by atoms with van der Waals surface area (Å²) >= 11 is 1.60. The molecule has 1 aliphatic rings. The van der Waals surface area contributed by atoms with Crippen molar-refractivity contribution in [3.8, 4) is 17.0 Å². The number of fused-ring (bicyclic) bond motifs is 1. The molecule has 1 aromatic carbocycles. The van der Waals surface area contributed by atoms with Crippen LogP contribution in [-0.4, -0.2) is 37.6 Å². The van der Waals surface area contributed by atoms with Crippen LogP contribution < -0.4 is 4.74 Å². The van der Waals surface area contributed by atoms with Gasteiger partial charge in [-0.15, -0.1) is 11.3 Å². The molecule has 1 aromatic heterocycles. The Kier molecular flexibility index (Phi) is 5.63. The van der Waals surface area contributed by atoms with Crippen LogP contribution in [0.15, 0.2) is 28.0 Å². The summed E-state index contributed by atoms with van der Waals surface area (Å²) in [5.74, 6) is 1.45. The van der Waals surface area contributed by atoms with Crippen molar-refractivity contribution in [2.75, 3.05) is 20.3 Å². The van der Waals surface area contributed by atoms with Crippen molar-refractivity contribution < 1.29 is 9.47 Å². The van der Waals surface area contributed by atoms with Crippen LogP contribution in [0.4, 0.5) is 0 Å². The average molecular weight is 344 g/mol. The summed E-state index contributed by atoms with van der Waals surface area (Å²) < 4.78 is 11.2. The summed E-state index contributed by atoms with van der Waals surface area (Å²) in [5.41, 5.74) is 6.35. The molecule has 128 valence electrons. The normalized spacial score (nSPS) is 16.4. The highest BCUT2D eigenvalue weighted by Gasteiger charge is 2.21.